The van der Waals surface area contributed by atoms with Crippen molar-refractivity contribution >= 4 is 11.8 Å². The molecule has 0 aliphatic carbocycles. The van der Waals surface area contributed by atoms with Gasteiger partial charge in [-0.1, -0.05) is 30.3 Å². The number of carbonyl (C=O) groups excluding carboxylic acids is 2. The van der Waals surface area contributed by atoms with E-state index in [1.54, 1.807) is 6.07 Å². The van der Waals surface area contributed by atoms with Crippen LogP contribution in [0.4, 0.5) is 0 Å². The lowest BCUT2D eigenvalue weighted by molar-refractivity contribution is -0.121. The van der Waals surface area contributed by atoms with Gasteiger partial charge in [-0.05, 0) is 17.7 Å². The number of furan rings is 1. The minimum absolute atomic E-state index is 0.143. The fourth-order valence-electron chi connectivity index (χ4n) is 1.82. The summed E-state index contributed by atoms with van der Waals surface area (Å²) >= 11 is 0. The van der Waals surface area contributed by atoms with Crippen molar-refractivity contribution in [2.24, 2.45) is 0 Å². The molecule has 21 heavy (non-hydrogen) atoms. The van der Waals surface area contributed by atoms with Crippen molar-refractivity contribution < 1.29 is 19.1 Å². The molecule has 0 aliphatic heterocycles. The summed E-state index contributed by atoms with van der Waals surface area (Å²) in [6.07, 6.45) is 1.38. The standard InChI is InChI=1S/C15H16N2O4/c18-10-12(11-5-2-1-3-6-11)17-14(19)9-16-15(20)13-7-4-8-21-13/h1-8,12,18H,9-10H2,(H,16,20)(H,17,19)/t12-/m1/s1. The van der Waals surface area contributed by atoms with Crippen LogP contribution in [0.15, 0.2) is 53.1 Å². The van der Waals surface area contributed by atoms with E-state index in [9.17, 15) is 14.7 Å². The van der Waals surface area contributed by atoms with Gasteiger partial charge in [-0.2, -0.15) is 0 Å². The molecule has 110 valence electrons. The molecule has 2 rings (SSSR count). The topological polar surface area (TPSA) is 91.6 Å². The van der Waals surface area contributed by atoms with Crippen LogP contribution in [-0.2, 0) is 4.79 Å². The highest BCUT2D eigenvalue weighted by Crippen LogP contribution is 2.11. The van der Waals surface area contributed by atoms with Crippen LogP contribution in [0.1, 0.15) is 22.2 Å². The Bertz CT molecular complexity index is 581. The molecule has 2 amide bonds. The Morgan fingerprint density at radius 3 is 2.52 bits per heavy atom. The van der Waals surface area contributed by atoms with Gasteiger partial charge in [0.1, 0.15) is 0 Å². The van der Waals surface area contributed by atoms with Crippen molar-refractivity contribution in [3.05, 3.63) is 60.1 Å². The summed E-state index contributed by atoms with van der Waals surface area (Å²) in [4.78, 5) is 23.4. The van der Waals surface area contributed by atoms with E-state index in [-0.39, 0.29) is 18.9 Å². The van der Waals surface area contributed by atoms with Crippen LogP contribution >= 0.6 is 0 Å². The van der Waals surface area contributed by atoms with E-state index in [2.05, 4.69) is 10.6 Å². The third kappa shape index (κ3) is 4.19. The van der Waals surface area contributed by atoms with Crippen molar-refractivity contribution in [2.45, 2.75) is 6.04 Å². The Morgan fingerprint density at radius 2 is 1.90 bits per heavy atom. The van der Waals surface area contributed by atoms with Gasteiger partial charge in [-0.3, -0.25) is 9.59 Å². The summed E-state index contributed by atoms with van der Waals surface area (Å²) in [5, 5.41) is 14.4. The lowest BCUT2D eigenvalue weighted by atomic mass is 10.1. The number of nitrogens with one attached hydrogen (secondary N) is 2. The number of rotatable bonds is 6. The molecule has 2 aromatic rings. The Morgan fingerprint density at radius 1 is 1.14 bits per heavy atom. The highest BCUT2D eigenvalue weighted by atomic mass is 16.3. The molecule has 0 fully saturated rings. The van der Waals surface area contributed by atoms with Gasteiger partial charge < -0.3 is 20.2 Å². The molecule has 0 aliphatic rings. The van der Waals surface area contributed by atoms with Crippen LogP contribution in [0.5, 0.6) is 0 Å². The summed E-state index contributed by atoms with van der Waals surface area (Å²) in [6.45, 7) is -0.412. The number of hydrogen-bond donors (Lipinski definition) is 3. The van der Waals surface area contributed by atoms with E-state index in [4.69, 9.17) is 4.42 Å². The SMILES string of the molecule is O=C(CNC(=O)c1ccco1)N[C@H](CO)c1ccccc1. The maximum Gasteiger partial charge on any atom is 0.287 e. The summed E-state index contributed by atoms with van der Waals surface area (Å²) in [5.41, 5.74) is 0.797. The van der Waals surface area contributed by atoms with E-state index >= 15 is 0 Å². The molecule has 0 unspecified atom stereocenters. The molecule has 0 spiro atoms. The molecule has 6 nitrogen and oxygen atoms in total. The highest BCUT2D eigenvalue weighted by molar-refractivity contribution is 5.94. The maximum atomic E-state index is 11.8. The molecule has 0 saturated heterocycles. The fraction of sp³-hybridized carbons (Fsp3) is 0.200. The second-order valence-electron chi connectivity index (χ2n) is 4.37. The normalized spacial score (nSPS) is 11.7. The number of aliphatic hydroxyl groups is 1. The van der Waals surface area contributed by atoms with Crippen LogP contribution in [0.25, 0.3) is 0 Å². The number of carbonyl (C=O) groups is 2. The van der Waals surface area contributed by atoms with Gasteiger partial charge in [-0.25, -0.2) is 0 Å². The van der Waals surface area contributed by atoms with Crippen LogP contribution in [-0.4, -0.2) is 30.1 Å². The Hall–Kier alpha value is -2.60. The number of amides is 2. The van der Waals surface area contributed by atoms with Crippen LogP contribution < -0.4 is 10.6 Å². The lowest BCUT2D eigenvalue weighted by Crippen LogP contribution is -2.39. The number of benzene rings is 1. The van der Waals surface area contributed by atoms with Gasteiger partial charge in [0.15, 0.2) is 5.76 Å². The minimum atomic E-state index is -0.501. The largest absolute Gasteiger partial charge is 0.459 e. The molecule has 0 radical (unpaired) electrons. The Balaban J connectivity index is 1.85. The Labute approximate surface area is 121 Å². The fourth-order valence-corrected chi connectivity index (χ4v) is 1.82. The van der Waals surface area contributed by atoms with Crippen molar-refractivity contribution in [1.82, 2.24) is 10.6 Å². The lowest BCUT2D eigenvalue weighted by Gasteiger charge is -2.16. The molecular formula is C15H16N2O4. The first-order valence-corrected chi connectivity index (χ1v) is 6.47. The van der Waals surface area contributed by atoms with Gasteiger partial charge in [0.05, 0.1) is 25.5 Å². The quantitative estimate of drug-likeness (QED) is 0.735. The van der Waals surface area contributed by atoms with E-state index < -0.39 is 17.9 Å². The van der Waals surface area contributed by atoms with E-state index in [1.165, 1.54) is 12.3 Å². The molecule has 1 atom stereocenters. The number of aliphatic hydroxyl groups excluding tert-OH is 1. The molecule has 3 N–H and O–H groups in total. The van der Waals surface area contributed by atoms with E-state index in [0.29, 0.717) is 0 Å². The van der Waals surface area contributed by atoms with Crippen molar-refractivity contribution in [2.75, 3.05) is 13.2 Å². The molecular weight excluding hydrogens is 272 g/mol. The second kappa shape index (κ2) is 7.25. The van der Waals surface area contributed by atoms with Gasteiger partial charge in [0.2, 0.25) is 5.91 Å². The second-order valence-corrected chi connectivity index (χ2v) is 4.37. The molecule has 1 aromatic heterocycles. The van der Waals surface area contributed by atoms with Crippen LogP contribution in [0.2, 0.25) is 0 Å². The van der Waals surface area contributed by atoms with Crippen molar-refractivity contribution in [3.8, 4) is 0 Å². The predicted octanol–water partition coefficient (Wildman–Crippen LogP) is 0.859. The molecule has 0 bridgehead atoms. The summed E-state index contributed by atoms with van der Waals surface area (Å²) < 4.78 is 4.92. The number of hydrogen-bond acceptors (Lipinski definition) is 4. The third-order valence-electron chi connectivity index (χ3n) is 2.87. The van der Waals surface area contributed by atoms with E-state index in [1.807, 2.05) is 30.3 Å². The molecule has 6 heteroatoms. The summed E-state index contributed by atoms with van der Waals surface area (Å²) in [7, 11) is 0. The zero-order valence-corrected chi connectivity index (χ0v) is 11.3. The highest BCUT2D eigenvalue weighted by Gasteiger charge is 2.15. The van der Waals surface area contributed by atoms with Gasteiger partial charge >= 0.3 is 0 Å². The van der Waals surface area contributed by atoms with Crippen LogP contribution in [0, 0.1) is 0 Å². The predicted molar refractivity (Wildman–Crippen MR) is 75.5 cm³/mol. The maximum absolute atomic E-state index is 11.8. The molecule has 1 aromatic carbocycles. The average molecular weight is 288 g/mol. The average Bonchev–Trinajstić information content (AvgIpc) is 3.05. The summed E-state index contributed by atoms with van der Waals surface area (Å²) in [6, 6.07) is 11.7. The minimum Gasteiger partial charge on any atom is -0.459 e. The molecule has 1 heterocycles. The Kier molecular flexibility index (Phi) is 5.11. The van der Waals surface area contributed by atoms with Gasteiger partial charge in [0.25, 0.3) is 5.91 Å². The smallest absolute Gasteiger partial charge is 0.287 e. The monoisotopic (exact) mass is 288 g/mol. The third-order valence-corrected chi connectivity index (χ3v) is 2.87. The first-order valence-electron chi connectivity index (χ1n) is 6.47. The molecule has 0 saturated carbocycles. The van der Waals surface area contributed by atoms with Crippen molar-refractivity contribution in [1.29, 1.82) is 0 Å². The van der Waals surface area contributed by atoms with Gasteiger partial charge in [0, 0.05) is 0 Å². The zero-order chi connectivity index (χ0) is 15.1. The van der Waals surface area contributed by atoms with E-state index in [0.717, 1.165) is 5.56 Å². The van der Waals surface area contributed by atoms with Crippen molar-refractivity contribution in [3.63, 3.8) is 0 Å². The van der Waals surface area contributed by atoms with Gasteiger partial charge in [-0.15, -0.1) is 0 Å². The zero-order valence-electron chi connectivity index (χ0n) is 11.3. The first-order chi connectivity index (χ1) is 10.2. The first kappa shape index (κ1) is 14.8. The van der Waals surface area contributed by atoms with Crippen LogP contribution in [0.3, 0.4) is 0 Å². The summed E-state index contributed by atoms with van der Waals surface area (Å²) in [5.74, 6) is -0.710.